The molecule has 0 aliphatic carbocycles. The standard InChI is InChI=1S/C10H10ClNO3/c1-7(10(13)14)15-12-6-8-2-4-9(11)5-3-8/h2-7H,1H3,(H,13,14)/b12-6+. The topological polar surface area (TPSA) is 58.9 Å². The zero-order valence-corrected chi connectivity index (χ0v) is 8.81. The van der Waals surface area contributed by atoms with Crippen molar-refractivity contribution in [3.05, 3.63) is 34.9 Å². The summed E-state index contributed by atoms with van der Waals surface area (Å²) in [6, 6.07) is 6.92. The average molecular weight is 228 g/mol. The van der Waals surface area contributed by atoms with Crippen LogP contribution in [0.25, 0.3) is 0 Å². The molecule has 4 nitrogen and oxygen atoms in total. The zero-order chi connectivity index (χ0) is 11.3. The van der Waals surface area contributed by atoms with E-state index in [1.165, 1.54) is 13.1 Å². The molecule has 1 aromatic rings. The van der Waals surface area contributed by atoms with E-state index in [2.05, 4.69) is 9.99 Å². The SMILES string of the molecule is CC(O/N=C/c1ccc(Cl)cc1)C(=O)O. The summed E-state index contributed by atoms with van der Waals surface area (Å²) in [5.41, 5.74) is 0.789. The van der Waals surface area contributed by atoms with Crippen LogP contribution < -0.4 is 0 Å². The van der Waals surface area contributed by atoms with Gasteiger partial charge in [0.1, 0.15) is 0 Å². The first-order chi connectivity index (χ1) is 7.09. The van der Waals surface area contributed by atoms with Gasteiger partial charge in [0.15, 0.2) is 0 Å². The van der Waals surface area contributed by atoms with Crippen LogP contribution in [0.15, 0.2) is 29.4 Å². The predicted octanol–water partition coefficient (Wildman–Crippen LogP) is 2.16. The number of halogens is 1. The molecule has 80 valence electrons. The molecular weight excluding hydrogens is 218 g/mol. The molecule has 0 fully saturated rings. The van der Waals surface area contributed by atoms with E-state index in [4.69, 9.17) is 16.7 Å². The Morgan fingerprint density at radius 3 is 2.67 bits per heavy atom. The minimum Gasteiger partial charge on any atom is -0.478 e. The second-order valence-corrected chi connectivity index (χ2v) is 3.31. The highest BCUT2D eigenvalue weighted by molar-refractivity contribution is 6.30. The molecule has 0 heterocycles. The summed E-state index contributed by atoms with van der Waals surface area (Å²) in [7, 11) is 0. The molecule has 0 radical (unpaired) electrons. The predicted molar refractivity (Wildman–Crippen MR) is 57.2 cm³/mol. The first kappa shape index (κ1) is 11.5. The number of hydrogen-bond acceptors (Lipinski definition) is 3. The Balaban J connectivity index is 2.51. The summed E-state index contributed by atoms with van der Waals surface area (Å²) in [6.07, 6.45) is 0.476. The third kappa shape index (κ3) is 3.99. The van der Waals surface area contributed by atoms with E-state index in [9.17, 15) is 4.79 Å². The second-order valence-electron chi connectivity index (χ2n) is 2.87. The van der Waals surface area contributed by atoms with Gasteiger partial charge in [0.2, 0.25) is 6.10 Å². The number of carbonyl (C=O) groups is 1. The van der Waals surface area contributed by atoms with E-state index in [0.29, 0.717) is 5.02 Å². The van der Waals surface area contributed by atoms with Gasteiger partial charge in [0.25, 0.3) is 0 Å². The van der Waals surface area contributed by atoms with Crippen molar-refractivity contribution in [1.82, 2.24) is 0 Å². The van der Waals surface area contributed by atoms with Gasteiger partial charge >= 0.3 is 5.97 Å². The molecule has 5 heteroatoms. The quantitative estimate of drug-likeness (QED) is 0.634. The molecule has 1 rings (SSSR count). The minimum atomic E-state index is -1.05. The maximum Gasteiger partial charge on any atom is 0.347 e. The van der Waals surface area contributed by atoms with Crippen molar-refractivity contribution in [1.29, 1.82) is 0 Å². The summed E-state index contributed by atoms with van der Waals surface area (Å²) in [4.78, 5) is 15.0. The molecule has 0 amide bonds. The molecule has 0 spiro atoms. The van der Waals surface area contributed by atoms with E-state index in [1.54, 1.807) is 24.3 Å². The van der Waals surface area contributed by atoms with Crippen LogP contribution >= 0.6 is 11.6 Å². The summed E-state index contributed by atoms with van der Waals surface area (Å²) in [5, 5.41) is 12.7. The highest BCUT2D eigenvalue weighted by Gasteiger charge is 2.10. The van der Waals surface area contributed by atoms with Gasteiger partial charge in [0, 0.05) is 5.02 Å². The Kier molecular flexibility index (Phi) is 4.12. The number of nitrogens with zero attached hydrogens (tertiary/aromatic N) is 1. The number of carboxylic acid groups (broad SMARTS) is 1. The van der Waals surface area contributed by atoms with Gasteiger partial charge in [-0.2, -0.15) is 0 Å². The van der Waals surface area contributed by atoms with Gasteiger partial charge in [-0.05, 0) is 24.6 Å². The van der Waals surface area contributed by atoms with Crippen molar-refractivity contribution in [3.8, 4) is 0 Å². The van der Waals surface area contributed by atoms with Gasteiger partial charge in [-0.3, -0.25) is 0 Å². The lowest BCUT2D eigenvalue weighted by atomic mass is 10.2. The Morgan fingerprint density at radius 1 is 1.53 bits per heavy atom. The summed E-state index contributed by atoms with van der Waals surface area (Å²) in [6.45, 7) is 1.40. The fourth-order valence-electron chi connectivity index (χ4n) is 0.777. The maximum absolute atomic E-state index is 10.4. The number of rotatable bonds is 4. The van der Waals surface area contributed by atoms with Gasteiger partial charge in [-0.1, -0.05) is 28.9 Å². The monoisotopic (exact) mass is 227 g/mol. The highest BCUT2D eigenvalue weighted by Crippen LogP contribution is 2.07. The third-order valence-electron chi connectivity index (χ3n) is 1.64. The van der Waals surface area contributed by atoms with Crippen molar-refractivity contribution in [3.63, 3.8) is 0 Å². The molecule has 0 saturated carbocycles. The van der Waals surface area contributed by atoms with E-state index >= 15 is 0 Å². The number of carboxylic acids is 1. The zero-order valence-electron chi connectivity index (χ0n) is 8.05. The molecule has 0 saturated heterocycles. The van der Waals surface area contributed by atoms with Crippen LogP contribution in [0.2, 0.25) is 5.02 Å². The number of hydrogen-bond donors (Lipinski definition) is 1. The molecule has 1 N–H and O–H groups in total. The normalized spacial score (nSPS) is 12.7. The van der Waals surface area contributed by atoms with E-state index in [0.717, 1.165) is 5.56 Å². The highest BCUT2D eigenvalue weighted by atomic mass is 35.5. The van der Waals surface area contributed by atoms with Crippen LogP contribution in [0.3, 0.4) is 0 Å². The number of aliphatic carboxylic acids is 1. The van der Waals surface area contributed by atoms with Crippen LogP contribution in [0, 0.1) is 0 Å². The Labute approximate surface area is 92.1 Å². The number of oxime groups is 1. The largest absolute Gasteiger partial charge is 0.478 e. The van der Waals surface area contributed by atoms with Crippen LogP contribution in [0.4, 0.5) is 0 Å². The van der Waals surface area contributed by atoms with E-state index in [-0.39, 0.29) is 0 Å². The van der Waals surface area contributed by atoms with Crippen molar-refractivity contribution in [2.24, 2.45) is 5.16 Å². The Bertz CT molecular complexity index is 361. The molecule has 0 bridgehead atoms. The van der Waals surface area contributed by atoms with Crippen LogP contribution in [0.5, 0.6) is 0 Å². The lowest BCUT2D eigenvalue weighted by molar-refractivity contribution is -0.149. The summed E-state index contributed by atoms with van der Waals surface area (Å²) in [5.74, 6) is -1.05. The first-order valence-corrected chi connectivity index (χ1v) is 4.65. The Morgan fingerprint density at radius 2 is 2.13 bits per heavy atom. The lowest BCUT2D eigenvalue weighted by Crippen LogP contribution is -2.17. The van der Waals surface area contributed by atoms with Gasteiger partial charge < -0.3 is 9.94 Å². The molecule has 0 aliphatic heterocycles. The maximum atomic E-state index is 10.4. The third-order valence-corrected chi connectivity index (χ3v) is 1.89. The van der Waals surface area contributed by atoms with E-state index in [1.807, 2.05) is 0 Å². The smallest absolute Gasteiger partial charge is 0.347 e. The summed E-state index contributed by atoms with van der Waals surface area (Å²) >= 11 is 5.68. The van der Waals surface area contributed by atoms with Gasteiger partial charge in [0.05, 0.1) is 6.21 Å². The number of benzene rings is 1. The molecule has 1 aromatic carbocycles. The second kappa shape index (κ2) is 5.36. The molecule has 1 atom stereocenters. The Hall–Kier alpha value is -1.55. The van der Waals surface area contributed by atoms with Crippen molar-refractivity contribution in [2.75, 3.05) is 0 Å². The van der Waals surface area contributed by atoms with Crippen molar-refractivity contribution >= 4 is 23.8 Å². The fraction of sp³-hybridized carbons (Fsp3) is 0.200. The fourth-order valence-corrected chi connectivity index (χ4v) is 0.902. The van der Waals surface area contributed by atoms with E-state index < -0.39 is 12.1 Å². The first-order valence-electron chi connectivity index (χ1n) is 4.27. The van der Waals surface area contributed by atoms with Gasteiger partial charge in [-0.15, -0.1) is 0 Å². The summed E-state index contributed by atoms with van der Waals surface area (Å²) < 4.78 is 0. The molecule has 15 heavy (non-hydrogen) atoms. The molecule has 0 aromatic heterocycles. The minimum absolute atomic E-state index is 0.631. The van der Waals surface area contributed by atoms with Gasteiger partial charge in [-0.25, -0.2) is 4.79 Å². The molecule has 0 aliphatic rings. The molecular formula is C10H10ClNO3. The average Bonchev–Trinajstić information content (AvgIpc) is 2.20. The van der Waals surface area contributed by atoms with Crippen LogP contribution in [0.1, 0.15) is 12.5 Å². The van der Waals surface area contributed by atoms with Crippen molar-refractivity contribution in [2.45, 2.75) is 13.0 Å². The van der Waals surface area contributed by atoms with Crippen LogP contribution in [-0.2, 0) is 9.63 Å². The van der Waals surface area contributed by atoms with Crippen molar-refractivity contribution < 1.29 is 14.7 Å². The molecule has 1 unspecified atom stereocenters. The lowest BCUT2D eigenvalue weighted by Gasteiger charge is -2.02. The van der Waals surface area contributed by atoms with Crippen LogP contribution in [-0.4, -0.2) is 23.4 Å².